The van der Waals surface area contributed by atoms with Gasteiger partial charge in [0.05, 0.1) is 24.8 Å². The van der Waals surface area contributed by atoms with Gasteiger partial charge in [-0.1, -0.05) is 18.2 Å². The van der Waals surface area contributed by atoms with Gasteiger partial charge >= 0.3 is 6.18 Å². The molecule has 0 atom stereocenters. The van der Waals surface area contributed by atoms with E-state index in [2.05, 4.69) is 10.1 Å². The maximum absolute atomic E-state index is 13.1. The van der Waals surface area contributed by atoms with E-state index < -0.39 is 12.7 Å². The van der Waals surface area contributed by atoms with Crippen LogP contribution in [0.15, 0.2) is 55.0 Å². The van der Waals surface area contributed by atoms with E-state index in [1.54, 1.807) is 35.0 Å². The highest BCUT2D eigenvalue weighted by Gasteiger charge is 2.31. The quantitative estimate of drug-likeness (QED) is 0.505. The van der Waals surface area contributed by atoms with Crippen LogP contribution in [0.2, 0.25) is 0 Å². The standard InChI is InChI=1S/C20H19F3N6S/c21-20(22,23)13-27(12-17-6-4-16(11-24)5-7-17)15-29-19(30)28(14-26-29)10-8-18-3-1-2-9-25-18/h1-7,9,14H,8,10,12-13,15H2. The fourth-order valence-corrected chi connectivity index (χ4v) is 3.19. The Labute approximate surface area is 176 Å². The molecule has 0 unspecified atom stereocenters. The Bertz CT molecular complexity index is 1050. The van der Waals surface area contributed by atoms with E-state index in [-0.39, 0.29) is 13.2 Å². The Morgan fingerprint density at radius 2 is 1.90 bits per heavy atom. The summed E-state index contributed by atoms with van der Waals surface area (Å²) >= 11 is 5.40. The Kier molecular flexibility index (Phi) is 6.97. The summed E-state index contributed by atoms with van der Waals surface area (Å²) in [7, 11) is 0. The van der Waals surface area contributed by atoms with Gasteiger partial charge in [-0.2, -0.15) is 23.5 Å². The van der Waals surface area contributed by atoms with Crippen molar-refractivity contribution < 1.29 is 13.2 Å². The molecule has 10 heteroatoms. The van der Waals surface area contributed by atoms with Gasteiger partial charge in [0, 0.05) is 31.4 Å². The molecule has 156 valence electrons. The van der Waals surface area contributed by atoms with Gasteiger partial charge in [-0.15, -0.1) is 0 Å². The number of hydrogen-bond acceptors (Lipinski definition) is 5. The van der Waals surface area contributed by atoms with Crippen molar-refractivity contribution in [1.82, 2.24) is 24.2 Å². The number of aryl methyl sites for hydroxylation is 2. The first-order valence-corrected chi connectivity index (χ1v) is 9.55. The van der Waals surface area contributed by atoms with Crippen LogP contribution in [0.25, 0.3) is 0 Å². The van der Waals surface area contributed by atoms with Crippen molar-refractivity contribution in [3.8, 4) is 6.07 Å². The fourth-order valence-electron chi connectivity index (χ4n) is 2.94. The second kappa shape index (κ2) is 9.65. The number of nitriles is 1. The zero-order chi connectivity index (χ0) is 21.6. The highest BCUT2D eigenvalue weighted by atomic mass is 32.1. The lowest BCUT2D eigenvalue weighted by atomic mass is 10.1. The molecule has 6 nitrogen and oxygen atoms in total. The molecule has 0 amide bonds. The zero-order valence-electron chi connectivity index (χ0n) is 16.0. The van der Waals surface area contributed by atoms with Gasteiger partial charge in [0.2, 0.25) is 0 Å². The predicted octanol–water partition coefficient (Wildman–Crippen LogP) is 3.95. The number of hydrogen-bond donors (Lipinski definition) is 0. The highest BCUT2D eigenvalue weighted by Crippen LogP contribution is 2.19. The molecule has 0 aliphatic carbocycles. The summed E-state index contributed by atoms with van der Waals surface area (Å²) < 4.78 is 42.7. The maximum atomic E-state index is 13.1. The SMILES string of the molecule is N#Cc1ccc(CN(Cn2ncn(CCc3ccccn3)c2=S)CC(F)(F)F)cc1. The first kappa shape index (κ1) is 21.7. The summed E-state index contributed by atoms with van der Waals surface area (Å²) in [6, 6.07) is 14.1. The molecule has 30 heavy (non-hydrogen) atoms. The molecule has 2 aromatic heterocycles. The summed E-state index contributed by atoms with van der Waals surface area (Å²) in [6.45, 7) is -0.622. The van der Waals surface area contributed by atoms with Gasteiger partial charge in [-0.25, -0.2) is 4.68 Å². The van der Waals surface area contributed by atoms with Crippen LogP contribution >= 0.6 is 12.2 Å². The van der Waals surface area contributed by atoms with Crippen LogP contribution in [0.1, 0.15) is 16.8 Å². The molecule has 0 radical (unpaired) electrons. The van der Waals surface area contributed by atoms with Gasteiger partial charge in [-0.05, 0) is 42.0 Å². The van der Waals surface area contributed by atoms with Crippen molar-refractivity contribution in [2.45, 2.75) is 32.4 Å². The Morgan fingerprint density at radius 3 is 2.53 bits per heavy atom. The maximum Gasteiger partial charge on any atom is 0.401 e. The molecule has 2 heterocycles. The molecule has 0 bridgehead atoms. The van der Waals surface area contributed by atoms with E-state index in [1.807, 2.05) is 24.3 Å². The van der Waals surface area contributed by atoms with Crippen molar-refractivity contribution in [2.75, 3.05) is 6.54 Å². The van der Waals surface area contributed by atoms with Gasteiger partial charge in [0.15, 0.2) is 4.77 Å². The third-order valence-corrected chi connectivity index (χ3v) is 4.80. The fraction of sp³-hybridized carbons (Fsp3) is 0.300. The molecule has 0 saturated carbocycles. The van der Waals surface area contributed by atoms with E-state index in [0.29, 0.717) is 28.9 Å². The van der Waals surface area contributed by atoms with Crippen LogP contribution in [0.3, 0.4) is 0 Å². The largest absolute Gasteiger partial charge is 0.401 e. The number of aromatic nitrogens is 4. The number of rotatable bonds is 8. The molecule has 0 N–H and O–H groups in total. The summed E-state index contributed by atoms with van der Waals surface area (Å²) in [5.41, 5.74) is 2.01. The average Bonchev–Trinajstić information content (AvgIpc) is 3.06. The number of halogens is 3. The average molecular weight is 432 g/mol. The lowest BCUT2D eigenvalue weighted by molar-refractivity contribution is -0.151. The summed E-state index contributed by atoms with van der Waals surface area (Å²) in [5, 5.41) is 13.0. The third kappa shape index (κ3) is 6.23. The Hall–Kier alpha value is -3.03. The molecular formula is C20H19F3N6S. The molecule has 0 saturated heterocycles. The Morgan fingerprint density at radius 1 is 1.13 bits per heavy atom. The molecular weight excluding hydrogens is 413 g/mol. The monoisotopic (exact) mass is 432 g/mol. The number of benzene rings is 1. The van der Waals surface area contributed by atoms with E-state index in [4.69, 9.17) is 17.5 Å². The number of alkyl halides is 3. The van der Waals surface area contributed by atoms with Crippen LogP contribution in [0.4, 0.5) is 13.2 Å². The minimum Gasteiger partial charge on any atom is -0.306 e. The number of nitrogens with zero attached hydrogens (tertiary/aromatic N) is 6. The van der Waals surface area contributed by atoms with E-state index in [0.717, 1.165) is 5.69 Å². The van der Waals surface area contributed by atoms with Crippen LogP contribution < -0.4 is 0 Å². The predicted molar refractivity (Wildman–Crippen MR) is 107 cm³/mol. The molecule has 1 aromatic carbocycles. The minimum atomic E-state index is -4.36. The molecule has 0 aliphatic rings. The lowest BCUT2D eigenvalue weighted by Gasteiger charge is -2.23. The van der Waals surface area contributed by atoms with Gasteiger partial charge < -0.3 is 4.57 Å². The third-order valence-electron chi connectivity index (χ3n) is 4.36. The summed E-state index contributed by atoms with van der Waals surface area (Å²) in [4.78, 5) is 5.47. The van der Waals surface area contributed by atoms with Crippen LogP contribution in [0, 0.1) is 16.1 Å². The molecule has 0 spiro atoms. The molecule has 3 aromatic rings. The van der Waals surface area contributed by atoms with Gasteiger partial charge in [-0.3, -0.25) is 9.88 Å². The zero-order valence-corrected chi connectivity index (χ0v) is 16.8. The van der Waals surface area contributed by atoms with Gasteiger partial charge in [0.25, 0.3) is 0 Å². The molecule has 3 rings (SSSR count). The van der Waals surface area contributed by atoms with Crippen molar-refractivity contribution in [2.24, 2.45) is 0 Å². The second-order valence-corrected chi connectivity index (χ2v) is 7.10. The van der Waals surface area contributed by atoms with Crippen molar-refractivity contribution in [3.63, 3.8) is 0 Å². The van der Waals surface area contributed by atoms with Crippen molar-refractivity contribution in [1.29, 1.82) is 5.26 Å². The Balaban J connectivity index is 1.71. The molecule has 0 fully saturated rings. The van der Waals surface area contributed by atoms with Crippen LogP contribution in [-0.2, 0) is 26.2 Å². The van der Waals surface area contributed by atoms with Crippen LogP contribution in [0.5, 0.6) is 0 Å². The van der Waals surface area contributed by atoms with E-state index in [9.17, 15) is 13.2 Å². The first-order chi connectivity index (χ1) is 14.3. The van der Waals surface area contributed by atoms with E-state index in [1.165, 1.54) is 15.9 Å². The summed E-state index contributed by atoms with van der Waals surface area (Å²) in [5.74, 6) is 0. The lowest BCUT2D eigenvalue weighted by Crippen LogP contribution is -2.35. The highest BCUT2D eigenvalue weighted by molar-refractivity contribution is 7.71. The van der Waals surface area contributed by atoms with Crippen molar-refractivity contribution in [3.05, 3.63) is 76.6 Å². The molecule has 0 aliphatic heterocycles. The van der Waals surface area contributed by atoms with Crippen LogP contribution in [-0.4, -0.2) is 37.0 Å². The smallest absolute Gasteiger partial charge is 0.306 e. The van der Waals surface area contributed by atoms with Gasteiger partial charge in [0.1, 0.15) is 6.33 Å². The van der Waals surface area contributed by atoms with Crippen molar-refractivity contribution >= 4 is 12.2 Å². The second-order valence-electron chi connectivity index (χ2n) is 6.73. The normalized spacial score (nSPS) is 11.6. The first-order valence-electron chi connectivity index (χ1n) is 9.14. The van der Waals surface area contributed by atoms with E-state index >= 15 is 0 Å². The topological polar surface area (TPSA) is 62.7 Å². The summed E-state index contributed by atoms with van der Waals surface area (Å²) in [6.07, 6.45) is -0.496. The minimum absolute atomic E-state index is 0.0494. The number of pyridine rings is 1.